The van der Waals surface area contributed by atoms with Crippen LogP contribution in [0.5, 0.6) is 0 Å². The van der Waals surface area contributed by atoms with Crippen molar-refractivity contribution in [1.82, 2.24) is 19.9 Å². The molecule has 4 rings (SSSR count). The van der Waals surface area contributed by atoms with Gasteiger partial charge in [0.25, 0.3) is 0 Å². The van der Waals surface area contributed by atoms with Crippen LogP contribution in [-0.2, 0) is 13.0 Å². The maximum Gasteiger partial charge on any atom is 0.184 e. The Balaban J connectivity index is 1.53. The van der Waals surface area contributed by atoms with Crippen molar-refractivity contribution < 1.29 is 0 Å². The number of rotatable bonds is 5. The van der Waals surface area contributed by atoms with Gasteiger partial charge in [-0.05, 0) is 29.3 Å². The first kappa shape index (κ1) is 16.3. The molecule has 0 aliphatic carbocycles. The molecule has 4 aromatic heterocycles. The zero-order valence-electron chi connectivity index (χ0n) is 13.0. The molecule has 5 nitrogen and oxygen atoms in total. The van der Waals surface area contributed by atoms with Crippen molar-refractivity contribution >= 4 is 50.7 Å². The number of hydrogen-bond donors (Lipinski definition) is 2. The standard InChI is InChI=1S/C17H13Cl2N5S/c18-12-6-13-11(8-21-16(13)22-9-12)5-14-15(19)24-17(25-14)23-7-10-1-3-20-4-2-10/h1-4,6,8-9H,5,7H2,(H,21,22)(H,23,24). The molecular formula is C17H13Cl2N5S. The molecule has 0 aromatic carbocycles. The first-order valence-electron chi connectivity index (χ1n) is 7.58. The van der Waals surface area contributed by atoms with Gasteiger partial charge < -0.3 is 10.3 Å². The van der Waals surface area contributed by atoms with E-state index in [9.17, 15) is 0 Å². The molecule has 0 amide bonds. The van der Waals surface area contributed by atoms with Crippen molar-refractivity contribution in [2.45, 2.75) is 13.0 Å². The molecule has 2 N–H and O–H groups in total. The third kappa shape index (κ3) is 3.61. The quantitative estimate of drug-likeness (QED) is 0.507. The van der Waals surface area contributed by atoms with Gasteiger partial charge in [-0.1, -0.05) is 23.2 Å². The largest absolute Gasteiger partial charge is 0.357 e. The lowest BCUT2D eigenvalue weighted by Gasteiger charge is -2.01. The summed E-state index contributed by atoms with van der Waals surface area (Å²) in [5.41, 5.74) is 3.05. The van der Waals surface area contributed by atoms with Crippen molar-refractivity contribution in [2.24, 2.45) is 0 Å². The summed E-state index contributed by atoms with van der Waals surface area (Å²) < 4.78 is 0. The zero-order chi connectivity index (χ0) is 17.2. The van der Waals surface area contributed by atoms with Gasteiger partial charge >= 0.3 is 0 Å². The lowest BCUT2D eigenvalue weighted by molar-refractivity contribution is 1.11. The van der Waals surface area contributed by atoms with E-state index in [4.69, 9.17) is 23.2 Å². The van der Waals surface area contributed by atoms with Crippen molar-refractivity contribution in [2.75, 3.05) is 5.32 Å². The maximum absolute atomic E-state index is 6.32. The molecule has 0 aliphatic heterocycles. The first-order chi connectivity index (χ1) is 12.2. The second-order valence-corrected chi connectivity index (χ2v) is 7.36. The van der Waals surface area contributed by atoms with E-state index in [1.807, 2.05) is 24.4 Å². The normalized spacial score (nSPS) is 11.1. The number of thiazole rings is 1. The number of aromatic amines is 1. The Morgan fingerprint density at radius 2 is 2.04 bits per heavy atom. The number of hydrogen-bond acceptors (Lipinski definition) is 5. The Hall–Kier alpha value is -2.15. The molecule has 0 atom stereocenters. The van der Waals surface area contributed by atoms with Gasteiger partial charge in [0.2, 0.25) is 0 Å². The third-order valence-electron chi connectivity index (χ3n) is 3.78. The van der Waals surface area contributed by atoms with Gasteiger partial charge in [-0.25, -0.2) is 9.97 Å². The second-order valence-electron chi connectivity index (χ2n) is 5.48. The van der Waals surface area contributed by atoms with Gasteiger partial charge in [0.05, 0.1) is 9.90 Å². The van der Waals surface area contributed by atoms with Crippen molar-refractivity contribution in [3.05, 3.63) is 69.2 Å². The monoisotopic (exact) mass is 389 g/mol. The second kappa shape index (κ2) is 7.00. The average molecular weight is 390 g/mol. The topological polar surface area (TPSA) is 66.5 Å². The van der Waals surface area contributed by atoms with Crippen molar-refractivity contribution in [3.63, 3.8) is 0 Å². The number of nitrogens with zero attached hydrogens (tertiary/aromatic N) is 3. The Morgan fingerprint density at radius 3 is 2.88 bits per heavy atom. The fraction of sp³-hybridized carbons (Fsp3) is 0.118. The van der Waals surface area contributed by atoms with E-state index in [2.05, 4.69) is 25.3 Å². The molecule has 126 valence electrons. The van der Waals surface area contributed by atoms with Gasteiger partial charge in [-0.3, -0.25) is 4.98 Å². The summed E-state index contributed by atoms with van der Waals surface area (Å²) in [4.78, 5) is 16.9. The molecule has 0 saturated heterocycles. The van der Waals surface area contributed by atoms with Crippen LogP contribution in [0.1, 0.15) is 16.0 Å². The summed E-state index contributed by atoms with van der Waals surface area (Å²) in [5.74, 6) is 0. The van der Waals surface area contributed by atoms with Crippen molar-refractivity contribution in [1.29, 1.82) is 0 Å². The molecule has 0 radical (unpaired) electrons. The van der Waals surface area contributed by atoms with Crippen LogP contribution >= 0.6 is 34.5 Å². The fourth-order valence-electron chi connectivity index (χ4n) is 2.55. The molecule has 0 aliphatic rings. The number of halogens is 2. The van der Waals surface area contributed by atoms with Crippen molar-refractivity contribution in [3.8, 4) is 0 Å². The van der Waals surface area contributed by atoms with Crippen LogP contribution in [0, 0.1) is 0 Å². The third-order valence-corrected chi connectivity index (χ3v) is 5.42. The van der Waals surface area contributed by atoms with E-state index in [1.54, 1.807) is 29.9 Å². The summed E-state index contributed by atoms with van der Waals surface area (Å²) in [5, 5.41) is 6.24. The Bertz CT molecular complexity index is 1010. The Labute approximate surface area is 158 Å². The summed E-state index contributed by atoms with van der Waals surface area (Å²) in [7, 11) is 0. The van der Waals surface area contributed by atoms with Crippen LogP contribution < -0.4 is 5.32 Å². The molecule has 25 heavy (non-hydrogen) atoms. The van der Waals surface area contributed by atoms with Gasteiger partial charge in [0.15, 0.2) is 5.13 Å². The Kier molecular flexibility index (Phi) is 4.57. The first-order valence-corrected chi connectivity index (χ1v) is 9.16. The summed E-state index contributed by atoms with van der Waals surface area (Å²) in [6.45, 7) is 0.679. The van der Waals surface area contributed by atoms with Crippen LogP contribution in [0.3, 0.4) is 0 Å². The molecule has 0 saturated carbocycles. The van der Waals surface area contributed by atoms with Crippen LogP contribution in [0.4, 0.5) is 5.13 Å². The zero-order valence-corrected chi connectivity index (χ0v) is 15.3. The van der Waals surface area contributed by atoms with Crippen LogP contribution in [0.25, 0.3) is 11.0 Å². The predicted molar refractivity (Wildman–Crippen MR) is 103 cm³/mol. The van der Waals surface area contributed by atoms with Crippen LogP contribution in [0.15, 0.2) is 43.0 Å². The molecule has 0 spiro atoms. The predicted octanol–water partition coefficient (Wildman–Crippen LogP) is 4.92. The number of anilines is 1. The van der Waals surface area contributed by atoms with Gasteiger partial charge in [-0.15, -0.1) is 11.3 Å². The van der Waals surface area contributed by atoms with E-state index in [0.29, 0.717) is 23.1 Å². The number of aromatic nitrogens is 4. The lowest BCUT2D eigenvalue weighted by Crippen LogP contribution is -1.98. The lowest BCUT2D eigenvalue weighted by atomic mass is 10.1. The highest BCUT2D eigenvalue weighted by Crippen LogP contribution is 2.31. The Morgan fingerprint density at radius 1 is 1.20 bits per heavy atom. The van der Waals surface area contributed by atoms with Gasteiger partial charge in [-0.2, -0.15) is 0 Å². The molecule has 4 heterocycles. The molecule has 0 unspecified atom stereocenters. The minimum absolute atomic E-state index is 0.520. The maximum atomic E-state index is 6.32. The SMILES string of the molecule is Clc1cnc2[nH]cc(Cc3sc(NCc4ccncc4)nc3Cl)c2c1. The minimum atomic E-state index is 0.520. The molecule has 8 heteroatoms. The van der Waals surface area contributed by atoms with Gasteiger partial charge in [0.1, 0.15) is 10.8 Å². The number of fused-ring (bicyclic) bond motifs is 1. The summed E-state index contributed by atoms with van der Waals surface area (Å²) in [6, 6.07) is 5.84. The minimum Gasteiger partial charge on any atom is -0.357 e. The van der Waals surface area contributed by atoms with E-state index in [0.717, 1.165) is 32.2 Å². The highest BCUT2D eigenvalue weighted by molar-refractivity contribution is 7.16. The summed E-state index contributed by atoms with van der Waals surface area (Å²) in [6.07, 6.45) is 7.79. The van der Waals surface area contributed by atoms with E-state index < -0.39 is 0 Å². The molecule has 0 fully saturated rings. The number of H-pyrrole nitrogens is 1. The smallest absolute Gasteiger partial charge is 0.184 e. The van der Waals surface area contributed by atoms with Crippen LogP contribution in [0.2, 0.25) is 10.2 Å². The van der Waals surface area contributed by atoms with E-state index >= 15 is 0 Å². The van der Waals surface area contributed by atoms with Crippen LogP contribution in [-0.4, -0.2) is 19.9 Å². The fourth-order valence-corrected chi connectivity index (χ4v) is 3.89. The molecule has 4 aromatic rings. The summed E-state index contributed by atoms with van der Waals surface area (Å²) >= 11 is 13.9. The van der Waals surface area contributed by atoms with Gasteiger partial charge in [0, 0.05) is 43.1 Å². The number of pyridine rings is 2. The highest BCUT2D eigenvalue weighted by atomic mass is 35.5. The number of nitrogens with one attached hydrogen (secondary N) is 2. The molecular weight excluding hydrogens is 377 g/mol. The van der Waals surface area contributed by atoms with E-state index in [-0.39, 0.29) is 0 Å². The van der Waals surface area contributed by atoms with E-state index in [1.165, 1.54) is 0 Å². The molecule has 0 bridgehead atoms. The average Bonchev–Trinajstić information content (AvgIpc) is 3.18. The highest BCUT2D eigenvalue weighted by Gasteiger charge is 2.13.